The van der Waals surface area contributed by atoms with Crippen molar-refractivity contribution in [3.63, 3.8) is 0 Å². The van der Waals surface area contributed by atoms with Crippen LogP contribution in [0.25, 0.3) is 0 Å². The van der Waals surface area contributed by atoms with Crippen LogP contribution in [0.1, 0.15) is 38.3 Å². The Morgan fingerprint density at radius 3 is 2.21 bits per heavy atom. The highest BCUT2D eigenvalue weighted by Crippen LogP contribution is 2.33. The molecule has 1 aromatic rings. The fraction of sp³-hybridized carbons (Fsp3) is 0.455. The Bertz CT molecular complexity index is 327. The molecule has 78 valence electrons. The first kappa shape index (κ1) is 11.4. The second kappa shape index (κ2) is 3.85. The van der Waals surface area contributed by atoms with E-state index < -0.39 is 6.43 Å². The van der Waals surface area contributed by atoms with Crippen LogP contribution in [0.3, 0.4) is 0 Å². The van der Waals surface area contributed by atoms with Gasteiger partial charge in [-0.15, -0.1) is 0 Å². The molecule has 0 unspecified atom stereocenters. The van der Waals surface area contributed by atoms with E-state index in [1.54, 1.807) is 12.1 Å². The van der Waals surface area contributed by atoms with Crippen LogP contribution in [0.15, 0.2) is 18.2 Å². The lowest BCUT2D eigenvalue weighted by Gasteiger charge is -2.22. The van der Waals surface area contributed by atoms with Crippen LogP contribution in [0.5, 0.6) is 0 Å². The predicted octanol–water partition coefficient (Wildman–Crippen LogP) is 4.58. The number of hydrogen-bond donors (Lipinski definition) is 0. The third kappa shape index (κ3) is 2.44. The number of halogens is 3. The summed E-state index contributed by atoms with van der Waals surface area (Å²) < 4.78 is 25.4. The van der Waals surface area contributed by atoms with Crippen molar-refractivity contribution in [3.8, 4) is 0 Å². The van der Waals surface area contributed by atoms with E-state index in [1.165, 1.54) is 6.07 Å². The van der Waals surface area contributed by atoms with Crippen LogP contribution in [0, 0.1) is 0 Å². The fourth-order valence-corrected chi connectivity index (χ4v) is 1.58. The molecule has 0 bridgehead atoms. The predicted molar refractivity (Wildman–Crippen MR) is 55.1 cm³/mol. The van der Waals surface area contributed by atoms with Gasteiger partial charge in [-0.2, -0.15) is 0 Å². The van der Waals surface area contributed by atoms with Gasteiger partial charge < -0.3 is 0 Å². The Balaban J connectivity index is 3.29. The van der Waals surface area contributed by atoms with Gasteiger partial charge in [0.1, 0.15) is 0 Å². The van der Waals surface area contributed by atoms with Gasteiger partial charge in [-0.1, -0.05) is 38.4 Å². The van der Waals surface area contributed by atoms with Crippen molar-refractivity contribution in [2.24, 2.45) is 0 Å². The summed E-state index contributed by atoms with van der Waals surface area (Å²) in [5.41, 5.74) is 0.401. The van der Waals surface area contributed by atoms with Crippen molar-refractivity contribution in [2.45, 2.75) is 32.6 Å². The summed E-state index contributed by atoms with van der Waals surface area (Å²) in [6, 6.07) is 4.66. The minimum atomic E-state index is -2.47. The van der Waals surface area contributed by atoms with Crippen molar-refractivity contribution in [2.75, 3.05) is 0 Å². The molecule has 3 heteroatoms. The average Bonchev–Trinajstić information content (AvgIpc) is 2.01. The monoisotopic (exact) mass is 218 g/mol. The van der Waals surface area contributed by atoms with Crippen molar-refractivity contribution in [1.82, 2.24) is 0 Å². The third-order valence-corrected chi connectivity index (χ3v) is 2.29. The smallest absolute Gasteiger partial charge is 0.205 e. The molecular formula is C11H13ClF2. The Hall–Kier alpha value is -0.630. The lowest BCUT2D eigenvalue weighted by molar-refractivity contribution is 0.149. The number of benzene rings is 1. The zero-order valence-electron chi connectivity index (χ0n) is 8.44. The summed E-state index contributed by atoms with van der Waals surface area (Å²) in [4.78, 5) is 0. The maximum atomic E-state index is 12.7. The van der Waals surface area contributed by atoms with Crippen molar-refractivity contribution < 1.29 is 8.78 Å². The van der Waals surface area contributed by atoms with Gasteiger partial charge in [0.25, 0.3) is 6.43 Å². The molecule has 0 heterocycles. The molecule has 0 radical (unpaired) electrons. The highest BCUT2D eigenvalue weighted by Gasteiger charge is 2.22. The summed E-state index contributed by atoms with van der Waals surface area (Å²) in [5.74, 6) is 0. The normalized spacial score (nSPS) is 12.2. The van der Waals surface area contributed by atoms with Gasteiger partial charge in [-0.25, -0.2) is 8.78 Å². The molecule has 0 fully saturated rings. The largest absolute Gasteiger partial charge is 0.264 e. The number of rotatable bonds is 1. The van der Waals surface area contributed by atoms with E-state index in [0.29, 0.717) is 10.6 Å². The summed E-state index contributed by atoms with van der Waals surface area (Å²) in [6.07, 6.45) is -2.47. The Labute approximate surface area is 87.9 Å². The standard InChI is InChI=1S/C11H13ClF2/c1-11(2,3)9-5-4-7(12)6-8(9)10(13)14/h4-6,10H,1-3H3. The summed E-state index contributed by atoms with van der Waals surface area (Å²) in [5, 5.41) is 0.355. The van der Waals surface area contributed by atoms with Crippen LogP contribution in [0.4, 0.5) is 8.78 Å². The molecule has 0 amide bonds. The molecule has 0 aliphatic heterocycles. The van der Waals surface area contributed by atoms with Gasteiger partial charge in [-0.05, 0) is 23.1 Å². The molecule has 0 saturated heterocycles. The zero-order valence-corrected chi connectivity index (χ0v) is 9.20. The minimum Gasteiger partial charge on any atom is -0.205 e. The average molecular weight is 219 g/mol. The number of alkyl halides is 2. The van der Waals surface area contributed by atoms with Crippen molar-refractivity contribution >= 4 is 11.6 Å². The molecule has 0 spiro atoms. The molecule has 1 rings (SSSR count). The maximum absolute atomic E-state index is 12.7. The van der Waals surface area contributed by atoms with Crippen LogP contribution in [-0.2, 0) is 5.41 Å². The molecular weight excluding hydrogens is 206 g/mol. The van der Waals surface area contributed by atoms with E-state index >= 15 is 0 Å². The van der Waals surface area contributed by atoms with E-state index in [0.717, 1.165) is 0 Å². The first-order valence-electron chi connectivity index (χ1n) is 4.40. The van der Waals surface area contributed by atoms with Gasteiger partial charge in [-0.3, -0.25) is 0 Å². The Kier molecular flexibility index (Phi) is 3.15. The number of hydrogen-bond acceptors (Lipinski definition) is 0. The van der Waals surface area contributed by atoms with Gasteiger partial charge in [0.2, 0.25) is 0 Å². The first-order chi connectivity index (χ1) is 6.32. The van der Waals surface area contributed by atoms with E-state index in [-0.39, 0.29) is 11.0 Å². The van der Waals surface area contributed by atoms with Crippen LogP contribution in [0.2, 0.25) is 5.02 Å². The summed E-state index contributed by atoms with van der Waals surface area (Å²) in [6.45, 7) is 5.71. The Morgan fingerprint density at radius 2 is 1.79 bits per heavy atom. The molecule has 0 N–H and O–H groups in total. The van der Waals surface area contributed by atoms with Crippen LogP contribution >= 0.6 is 11.6 Å². The van der Waals surface area contributed by atoms with Crippen LogP contribution in [-0.4, -0.2) is 0 Å². The second-order valence-corrected chi connectivity index (χ2v) is 4.72. The topological polar surface area (TPSA) is 0 Å². The molecule has 0 aromatic heterocycles. The molecule has 0 aliphatic carbocycles. The lowest BCUT2D eigenvalue weighted by Crippen LogP contribution is -2.14. The van der Waals surface area contributed by atoms with Crippen LogP contribution < -0.4 is 0 Å². The SMILES string of the molecule is CC(C)(C)c1ccc(Cl)cc1C(F)F. The van der Waals surface area contributed by atoms with Gasteiger partial charge >= 0.3 is 0 Å². The van der Waals surface area contributed by atoms with Crippen molar-refractivity contribution in [3.05, 3.63) is 34.3 Å². The first-order valence-corrected chi connectivity index (χ1v) is 4.78. The highest BCUT2D eigenvalue weighted by atomic mass is 35.5. The molecule has 0 atom stereocenters. The fourth-order valence-electron chi connectivity index (χ4n) is 1.40. The molecule has 0 nitrogen and oxygen atoms in total. The lowest BCUT2D eigenvalue weighted by atomic mass is 9.84. The maximum Gasteiger partial charge on any atom is 0.264 e. The molecule has 0 saturated carbocycles. The quantitative estimate of drug-likeness (QED) is 0.648. The minimum absolute atomic E-state index is 0.0324. The van der Waals surface area contributed by atoms with E-state index in [2.05, 4.69) is 0 Å². The van der Waals surface area contributed by atoms with E-state index in [4.69, 9.17) is 11.6 Å². The third-order valence-electron chi connectivity index (χ3n) is 2.06. The van der Waals surface area contributed by atoms with Crippen molar-refractivity contribution in [1.29, 1.82) is 0 Å². The van der Waals surface area contributed by atoms with E-state index in [1.807, 2.05) is 20.8 Å². The molecule has 14 heavy (non-hydrogen) atoms. The van der Waals surface area contributed by atoms with Gasteiger partial charge in [0.05, 0.1) is 0 Å². The summed E-state index contributed by atoms with van der Waals surface area (Å²) >= 11 is 5.68. The highest BCUT2D eigenvalue weighted by molar-refractivity contribution is 6.30. The van der Waals surface area contributed by atoms with Gasteiger partial charge in [0.15, 0.2) is 0 Å². The van der Waals surface area contributed by atoms with Gasteiger partial charge in [0, 0.05) is 10.6 Å². The summed E-state index contributed by atoms with van der Waals surface area (Å²) in [7, 11) is 0. The molecule has 1 aromatic carbocycles. The van der Waals surface area contributed by atoms with E-state index in [9.17, 15) is 8.78 Å². The Morgan fingerprint density at radius 1 is 1.21 bits per heavy atom. The molecule has 0 aliphatic rings. The zero-order chi connectivity index (χ0) is 10.9. The second-order valence-electron chi connectivity index (χ2n) is 4.28.